The molecule has 0 amide bonds. The molecular weight excluding hydrogens is 356 g/mol. The Morgan fingerprint density at radius 3 is 2.52 bits per heavy atom. The van der Waals surface area contributed by atoms with Gasteiger partial charge in [0.2, 0.25) is 0 Å². The van der Waals surface area contributed by atoms with Gasteiger partial charge in [-0.05, 0) is 41.1 Å². The van der Waals surface area contributed by atoms with Crippen molar-refractivity contribution in [3.05, 3.63) is 52.3 Å². The van der Waals surface area contributed by atoms with Crippen LogP contribution in [0.4, 0.5) is 0 Å². The molecule has 0 atom stereocenters. The summed E-state index contributed by atoms with van der Waals surface area (Å²) in [5.74, 6) is -0.543. The number of nitrogens with zero attached hydrogens (tertiary/aromatic N) is 2. The number of carbonyl (C=O) groups is 1. The summed E-state index contributed by atoms with van der Waals surface area (Å²) in [6.07, 6.45) is 0.930. The van der Waals surface area contributed by atoms with Gasteiger partial charge in [-0.25, -0.2) is 12.4 Å². The van der Waals surface area contributed by atoms with E-state index >= 15 is 0 Å². The molecule has 2 aromatic rings. The fraction of sp³-hybridized carbons (Fsp3) is 0.143. The predicted octanol–water partition coefficient (Wildman–Crippen LogP) is 2.89. The minimum atomic E-state index is -3.87. The van der Waals surface area contributed by atoms with Gasteiger partial charge in [0.1, 0.15) is 12.1 Å². The molecule has 1 aromatic heterocycles. The number of aromatic nitrogens is 1. The van der Waals surface area contributed by atoms with Gasteiger partial charge in [-0.2, -0.15) is 5.26 Å². The first-order valence-corrected chi connectivity index (χ1v) is 8.20. The molecule has 0 bridgehead atoms. The van der Waals surface area contributed by atoms with Crippen LogP contribution in [0.2, 0.25) is 0 Å². The summed E-state index contributed by atoms with van der Waals surface area (Å²) in [4.78, 5) is 12.0. The molecule has 2 rings (SSSR count). The van der Waals surface area contributed by atoms with Crippen molar-refractivity contribution in [1.82, 2.24) is 3.97 Å². The van der Waals surface area contributed by atoms with Crippen molar-refractivity contribution < 1.29 is 13.2 Å². The standard InChI is InChI=1S/C14H11BrN2O3S/c1-10-2-4-12(5-3-10)21(19,20)17-9-11(15)8-13(17)14(18)6-7-16/h2-5,8-9H,6H2,1H3. The average Bonchev–Trinajstić information content (AvgIpc) is 2.82. The minimum absolute atomic E-state index is 0.0380. The maximum absolute atomic E-state index is 12.6. The molecule has 5 nitrogen and oxygen atoms in total. The van der Waals surface area contributed by atoms with Crippen molar-refractivity contribution >= 4 is 31.7 Å². The topological polar surface area (TPSA) is 79.9 Å². The van der Waals surface area contributed by atoms with Gasteiger partial charge in [0.25, 0.3) is 10.0 Å². The quantitative estimate of drug-likeness (QED) is 0.779. The van der Waals surface area contributed by atoms with Gasteiger partial charge in [0, 0.05) is 10.7 Å². The monoisotopic (exact) mass is 366 g/mol. The summed E-state index contributed by atoms with van der Waals surface area (Å²) < 4.78 is 26.6. The van der Waals surface area contributed by atoms with Crippen LogP contribution in [0.1, 0.15) is 22.5 Å². The SMILES string of the molecule is Cc1ccc(S(=O)(=O)n2cc(Br)cc2C(=O)CC#N)cc1. The molecule has 0 aliphatic heterocycles. The van der Waals surface area contributed by atoms with Crippen LogP contribution in [0.25, 0.3) is 0 Å². The normalized spacial score (nSPS) is 11.1. The molecule has 1 aromatic carbocycles. The fourth-order valence-electron chi connectivity index (χ4n) is 1.80. The van der Waals surface area contributed by atoms with Crippen molar-refractivity contribution in [3.63, 3.8) is 0 Å². The Bertz CT molecular complexity index is 830. The van der Waals surface area contributed by atoms with Gasteiger partial charge in [0.05, 0.1) is 11.0 Å². The van der Waals surface area contributed by atoms with Crippen LogP contribution in [0.5, 0.6) is 0 Å². The number of Topliss-reactive ketones (excluding diaryl/α,β-unsaturated/α-hetero) is 1. The van der Waals surface area contributed by atoms with Gasteiger partial charge in [-0.3, -0.25) is 4.79 Å². The molecule has 0 saturated carbocycles. The molecule has 0 saturated heterocycles. The summed E-state index contributed by atoms with van der Waals surface area (Å²) >= 11 is 3.16. The van der Waals surface area contributed by atoms with E-state index in [1.54, 1.807) is 18.2 Å². The lowest BCUT2D eigenvalue weighted by Crippen LogP contribution is -2.17. The molecule has 0 unspecified atom stereocenters. The Morgan fingerprint density at radius 1 is 1.33 bits per heavy atom. The second-order valence-electron chi connectivity index (χ2n) is 4.42. The maximum atomic E-state index is 12.6. The number of nitriles is 1. The van der Waals surface area contributed by atoms with Crippen LogP contribution in [-0.2, 0) is 10.0 Å². The molecule has 0 fully saturated rings. The molecule has 7 heteroatoms. The first-order valence-electron chi connectivity index (χ1n) is 5.96. The second-order valence-corrected chi connectivity index (χ2v) is 7.15. The molecule has 0 spiro atoms. The van der Waals surface area contributed by atoms with E-state index in [2.05, 4.69) is 15.9 Å². The van der Waals surface area contributed by atoms with Gasteiger partial charge < -0.3 is 0 Å². The highest BCUT2D eigenvalue weighted by Crippen LogP contribution is 2.23. The molecule has 0 radical (unpaired) electrons. The number of aryl methyl sites for hydroxylation is 1. The lowest BCUT2D eigenvalue weighted by atomic mass is 10.2. The molecule has 0 aliphatic carbocycles. The number of carbonyl (C=O) groups excluding carboxylic acids is 1. The highest BCUT2D eigenvalue weighted by Gasteiger charge is 2.23. The summed E-state index contributed by atoms with van der Waals surface area (Å²) in [7, 11) is -3.87. The molecule has 0 aliphatic rings. The Hall–Kier alpha value is -1.91. The van der Waals surface area contributed by atoms with Crippen LogP contribution in [0.15, 0.2) is 45.9 Å². The van der Waals surface area contributed by atoms with Crippen molar-refractivity contribution in [1.29, 1.82) is 5.26 Å². The first-order chi connectivity index (χ1) is 9.86. The largest absolute Gasteiger partial charge is 0.291 e. The zero-order chi connectivity index (χ0) is 15.6. The number of hydrogen-bond acceptors (Lipinski definition) is 4. The molecule has 1 heterocycles. The van der Waals surface area contributed by atoms with Gasteiger partial charge in [-0.1, -0.05) is 17.7 Å². The van der Waals surface area contributed by atoms with Crippen molar-refractivity contribution in [2.75, 3.05) is 0 Å². The van der Waals surface area contributed by atoms with Gasteiger partial charge in [0.15, 0.2) is 5.78 Å². The lowest BCUT2D eigenvalue weighted by Gasteiger charge is -2.09. The summed E-state index contributed by atoms with van der Waals surface area (Å²) in [5, 5.41) is 8.60. The van der Waals surface area contributed by atoms with E-state index < -0.39 is 15.8 Å². The van der Waals surface area contributed by atoms with Crippen molar-refractivity contribution in [3.8, 4) is 6.07 Å². The Labute approximate surface area is 131 Å². The van der Waals surface area contributed by atoms with E-state index in [0.29, 0.717) is 4.47 Å². The maximum Gasteiger partial charge on any atom is 0.268 e. The van der Waals surface area contributed by atoms with E-state index in [-0.39, 0.29) is 17.0 Å². The smallest absolute Gasteiger partial charge is 0.268 e. The van der Waals surface area contributed by atoms with E-state index in [1.807, 2.05) is 6.92 Å². The van der Waals surface area contributed by atoms with Gasteiger partial charge >= 0.3 is 0 Å². The van der Waals surface area contributed by atoms with E-state index in [1.165, 1.54) is 24.4 Å². The van der Waals surface area contributed by atoms with E-state index in [0.717, 1.165) is 9.54 Å². The Morgan fingerprint density at radius 2 is 1.95 bits per heavy atom. The highest BCUT2D eigenvalue weighted by molar-refractivity contribution is 9.10. The van der Waals surface area contributed by atoms with E-state index in [4.69, 9.17) is 5.26 Å². The van der Waals surface area contributed by atoms with Crippen LogP contribution in [-0.4, -0.2) is 18.2 Å². The highest BCUT2D eigenvalue weighted by atomic mass is 79.9. The van der Waals surface area contributed by atoms with E-state index in [9.17, 15) is 13.2 Å². The van der Waals surface area contributed by atoms with Crippen LogP contribution >= 0.6 is 15.9 Å². The van der Waals surface area contributed by atoms with Crippen LogP contribution in [0, 0.1) is 18.3 Å². The summed E-state index contributed by atoms with van der Waals surface area (Å²) in [6.45, 7) is 1.85. The fourth-order valence-corrected chi connectivity index (χ4v) is 3.73. The molecular formula is C14H11BrN2O3S. The zero-order valence-electron chi connectivity index (χ0n) is 11.1. The Kier molecular flexibility index (Phi) is 4.30. The summed E-state index contributed by atoms with van der Waals surface area (Å²) in [5.41, 5.74) is 0.896. The third kappa shape index (κ3) is 3.06. The zero-order valence-corrected chi connectivity index (χ0v) is 13.5. The summed E-state index contributed by atoms with van der Waals surface area (Å²) in [6, 6.07) is 9.45. The predicted molar refractivity (Wildman–Crippen MR) is 80.5 cm³/mol. The third-order valence-electron chi connectivity index (χ3n) is 2.86. The second kappa shape index (κ2) is 5.84. The lowest BCUT2D eigenvalue weighted by molar-refractivity contribution is 0.0992. The molecule has 108 valence electrons. The van der Waals surface area contributed by atoms with Crippen molar-refractivity contribution in [2.45, 2.75) is 18.2 Å². The number of hydrogen-bond donors (Lipinski definition) is 0. The van der Waals surface area contributed by atoms with Crippen molar-refractivity contribution in [2.24, 2.45) is 0 Å². The third-order valence-corrected chi connectivity index (χ3v) is 4.98. The Balaban J connectivity index is 2.58. The molecule has 0 N–H and O–H groups in total. The van der Waals surface area contributed by atoms with Gasteiger partial charge in [-0.15, -0.1) is 0 Å². The molecule has 21 heavy (non-hydrogen) atoms. The van der Waals surface area contributed by atoms with Crippen LogP contribution < -0.4 is 0 Å². The number of rotatable bonds is 4. The minimum Gasteiger partial charge on any atom is -0.291 e. The average molecular weight is 367 g/mol. The number of halogens is 1. The number of benzene rings is 1. The number of ketones is 1. The first kappa shape index (κ1) is 15.5. The van der Waals surface area contributed by atoms with Crippen LogP contribution in [0.3, 0.4) is 0 Å².